The molecule has 1 amide bonds. The Hall–Kier alpha value is -3.14. The molecule has 1 atom stereocenters. The number of aromatic nitrogens is 2. The lowest BCUT2D eigenvalue weighted by molar-refractivity contribution is -0.939. The number of anilines is 1. The Morgan fingerprint density at radius 2 is 1.68 bits per heavy atom. The Kier molecular flexibility index (Phi) is 6.87. The topological polar surface area (TPSA) is 101 Å². The number of benzene rings is 2. The van der Waals surface area contributed by atoms with Crippen LogP contribution in [0.15, 0.2) is 67.1 Å². The first kappa shape index (κ1) is 25.5. The average molecular weight is 565 g/mol. The second-order valence-corrected chi connectivity index (χ2v) is 10.3. The molecule has 2 aromatic carbocycles. The van der Waals surface area contributed by atoms with Gasteiger partial charge in [-0.1, -0.05) is 48.5 Å². The maximum absolute atomic E-state index is 13.8. The number of amides is 1. The fraction of sp³-hybridized carbons (Fsp3) is 0.357. The number of rotatable bonds is 5. The van der Waals surface area contributed by atoms with Crippen molar-refractivity contribution >= 4 is 17.7 Å². The van der Waals surface area contributed by atoms with Crippen LogP contribution in [0.2, 0.25) is 0 Å². The molecule has 2 N–H and O–H groups in total. The maximum Gasteiger partial charge on any atom is 0.348 e. The molecule has 8 nitrogen and oxygen atoms in total. The number of ether oxygens (including phenoxy) is 1. The highest BCUT2D eigenvalue weighted by Gasteiger charge is 2.52. The van der Waals surface area contributed by atoms with Gasteiger partial charge in [0.2, 0.25) is 5.60 Å². The van der Waals surface area contributed by atoms with Crippen molar-refractivity contribution < 1.29 is 40.9 Å². The molecule has 3 fully saturated rings. The van der Waals surface area contributed by atoms with Gasteiger partial charge in [0.1, 0.15) is 6.54 Å². The summed E-state index contributed by atoms with van der Waals surface area (Å²) >= 11 is 0. The van der Waals surface area contributed by atoms with Crippen LogP contribution in [0.3, 0.4) is 0 Å². The standard InChI is InChI=1S/C28H28N4O4.BrH/c33-26(31-25-16-29-11-12-30-25)18-32-13-9-19(10-14-32)24(17-32)36-27(34)28(35)22-7-3-1-5-20(22)15-21-6-2-4-8-23(21)28;/h1-8,11-12,16,19,24,35H,9-10,13-15,17-18H2;1H/t19?,24-,32?;/m0./s1. The third-order valence-electron chi connectivity index (χ3n) is 8.10. The van der Waals surface area contributed by atoms with Gasteiger partial charge in [-0.3, -0.25) is 9.78 Å². The zero-order chi connectivity index (χ0) is 24.8. The lowest BCUT2D eigenvalue weighted by Gasteiger charge is -2.51. The summed E-state index contributed by atoms with van der Waals surface area (Å²) in [4.78, 5) is 34.7. The van der Waals surface area contributed by atoms with Gasteiger partial charge < -0.3 is 36.6 Å². The normalized spacial score (nSPS) is 24.7. The summed E-state index contributed by atoms with van der Waals surface area (Å²) in [5.74, 6) is -0.111. The van der Waals surface area contributed by atoms with Crippen LogP contribution in [0.25, 0.3) is 0 Å². The molecule has 2 bridgehead atoms. The summed E-state index contributed by atoms with van der Waals surface area (Å²) in [6.07, 6.45) is 6.68. The van der Waals surface area contributed by atoms with Crippen LogP contribution < -0.4 is 22.3 Å². The van der Waals surface area contributed by atoms with E-state index < -0.39 is 11.6 Å². The fourth-order valence-corrected chi connectivity index (χ4v) is 6.28. The van der Waals surface area contributed by atoms with E-state index in [1.807, 2.05) is 48.5 Å². The van der Waals surface area contributed by atoms with E-state index in [2.05, 4.69) is 15.3 Å². The van der Waals surface area contributed by atoms with Gasteiger partial charge in [0.15, 0.2) is 18.5 Å². The summed E-state index contributed by atoms with van der Waals surface area (Å²) in [5.41, 5.74) is 1.16. The molecular weight excluding hydrogens is 536 g/mol. The molecule has 3 saturated heterocycles. The quantitative estimate of drug-likeness (QED) is 0.317. The van der Waals surface area contributed by atoms with Crippen molar-refractivity contribution in [3.63, 3.8) is 0 Å². The van der Waals surface area contributed by atoms with E-state index >= 15 is 0 Å². The summed E-state index contributed by atoms with van der Waals surface area (Å²) in [6.45, 7) is 2.57. The second kappa shape index (κ2) is 9.96. The molecule has 1 aromatic heterocycles. The van der Waals surface area contributed by atoms with Crippen molar-refractivity contribution in [2.45, 2.75) is 31.0 Å². The summed E-state index contributed by atoms with van der Waals surface area (Å²) in [7, 11) is 0. The van der Waals surface area contributed by atoms with Crippen molar-refractivity contribution in [3.05, 3.63) is 89.4 Å². The van der Waals surface area contributed by atoms with Crippen LogP contribution in [0, 0.1) is 5.92 Å². The molecule has 0 saturated carbocycles. The van der Waals surface area contributed by atoms with E-state index in [4.69, 9.17) is 4.74 Å². The lowest BCUT2D eigenvalue weighted by atomic mass is 9.74. The SMILES string of the molecule is O=C(C[N+]12CCC(CC1)[C@@H](OC(=O)C1(O)c3ccccc3Cc3ccccc31)C2)Nc1cnccn1.[Br-]. The summed E-state index contributed by atoms with van der Waals surface area (Å²) in [5, 5.41) is 14.8. The van der Waals surface area contributed by atoms with E-state index in [1.165, 1.54) is 12.4 Å². The number of carbonyl (C=O) groups excluding carboxylic acids is 2. The van der Waals surface area contributed by atoms with Crippen molar-refractivity contribution in [2.75, 3.05) is 31.5 Å². The van der Waals surface area contributed by atoms with Gasteiger partial charge in [0.25, 0.3) is 5.91 Å². The molecule has 9 heteroatoms. The third kappa shape index (κ3) is 4.56. The van der Waals surface area contributed by atoms with Crippen molar-refractivity contribution in [1.82, 2.24) is 9.97 Å². The smallest absolute Gasteiger partial charge is 0.348 e. The summed E-state index contributed by atoms with van der Waals surface area (Å²) in [6, 6.07) is 15.1. The Morgan fingerprint density at radius 1 is 1.03 bits per heavy atom. The van der Waals surface area contributed by atoms with E-state index in [1.54, 1.807) is 6.20 Å². The van der Waals surface area contributed by atoms with Gasteiger partial charge >= 0.3 is 5.97 Å². The molecule has 192 valence electrons. The van der Waals surface area contributed by atoms with Crippen LogP contribution in [0.1, 0.15) is 35.1 Å². The third-order valence-corrected chi connectivity index (χ3v) is 8.10. The highest BCUT2D eigenvalue weighted by molar-refractivity contribution is 5.90. The highest BCUT2D eigenvalue weighted by atomic mass is 79.9. The molecule has 3 aromatic rings. The largest absolute Gasteiger partial charge is 1.00 e. The number of piperidine rings is 3. The fourth-order valence-electron chi connectivity index (χ4n) is 6.28. The zero-order valence-electron chi connectivity index (χ0n) is 20.3. The number of hydrogen-bond acceptors (Lipinski definition) is 6. The molecule has 0 unspecified atom stereocenters. The van der Waals surface area contributed by atoms with Crippen LogP contribution in [0.4, 0.5) is 5.82 Å². The number of fused-ring (bicyclic) bond motifs is 5. The molecule has 37 heavy (non-hydrogen) atoms. The Labute approximate surface area is 226 Å². The van der Waals surface area contributed by atoms with Crippen molar-refractivity contribution in [1.29, 1.82) is 0 Å². The molecule has 1 aliphatic carbocycles. The Bertz CT molecular complexity index is 1260. The molecule has 4 heterocycles. The second-order valence-electron chi connectivity index (χ2n) is 10.3. The molecule has 0 radical (unpaired) electrons. The minimum atomic E-state index is -1.86. The molecule has 0 spiro atoms. The predicted molar refractivity (Wildman–Crippen MR) is 132 cm³/mol. The van der Waals surface area contributed by atoms with Gasteiger partial charge in [0, 0.05) is 42.3 Å². The van der Waals surface area contributed by atoms with Gasteiger partial charge in [-0.15, -0.1) is 0 Å². The minimum Gasteiger partial charge on any atom is -1.00 e. The number of aliphatic hydroxyl groups is 1. The monoisotopic (exact) mass is 564 g/mol. The van der Waals surface area contributed by atoms with Gasteiger partial charge in [0.05, 0.1) is 19.3 Å². The summed E-state index contributed by atoms with van der Waals surface area (Å²) < 4.78 is 6.71. The van der Waals surface area contributed by atoms with E-state index in [9.17, 15) is 14.7 Å². The Balaban J connectivity index is 0.00000280. The van der Waals surface area contributed by atoms with Gasteiger partial charge in [-0.25, -0.2) is 9.78 Å². The first-order chi connectivity index (χ1) is 17.5. The van der Waals surface area contributed by atoms with Crippen molar-refractivity contribution in [2.24, 2.45) is 5.92 Å². The number of carbonyl (C=O) groups is 2. The maximum atomic E-state index is 13.8. The van der Waals surface area contributed by atoms with Crippen LogP contribution in [-0.4, -0.2) is 63.7 Å². The lowest BCUT2D eigenvalue weighted by Crippen LogP contribution is -3.00. The number of esters is 1. The van der Waals surface area contributed by atoms with Crippen LogP contribution in [0.5, 0.6) is 0 Å². The minimum absolute atomic E-state index is 0. The van der Waals surface area contributed by atoms with E-state index in [0.29, 0.717) is 34.4 Å². The molecule has 3 aliphatic heterocycles. The van der Waals surface area contributed by atoms with E-state index in [0.717, 1.165) is 37.1 Å². The molecular formula is C28H29BrN4O4. The van der Waals surface area contributed by atoms with Gasteiger partial charge in [-0.2, -0.15) is 0 Å². The number of quaternary nitrogens is 1. The number of hydrogen-bond donors (Lipinski definition) is 2. The number of nitrogens with zero attached hydrogens (tertiary/aromatic N) is 3. The van der Waals surface area contributed by atoms with Crippen molar-refractivity contribution in [3.8, 4) is 0 Å². The van der Waals surface area contributed by atoms with Gasteiger partial charge in [-0.05, 0) is 17.5 Å². The van der Waals surface area contributed by atoms with Crippen LogP contribution >= 0.6 is 0 Å². The first-order valence-electron chi connectivity index (χ1n) is 12.5. The average Bonchev–Trinajstić information content (AvgIpc) is 2.90. The molecule has 4 aliphatic rings. The van der Waals surface area contributed by atoms with E-state index in [-0.39, 0.29) is 41.5 Å². The first-order valence-corrected chi connectivity index (χ1v) is 12.5. The zero-order valence-corrected chi connectivity index (χ0v) is 21.9. The predicted octanol–water partition coefficient (Wildman–Crippen LogP) is -0.588. The molecule has 7 rings (SSSR count). The highest BCUT2D eigenvalue weighted by Crippen LogP contribution is 2.42. The van der Waals surface area contributed by atoms with Crippen LogP contribution in [-0.2, 0) is 26.3 Å². The Morgan fingerprint density at radius 3 is 2.30 bits per heavy atom. The number of nitrogens with one attached hydrogen (secondary N) is 1. The number of halogens is 1.